The minimum absolute atomic E-state index is 0. The van der Waals surface area contributed by atoms with Crippen molar-refractivity contribution < 1.29 is 9.59 Å². The lowest BCUT2D eigenvalue weighted by Gasteiger charge is -2.21. The van der Waals surface area contributed by atoms with Crippen molar-refractivity contribution in [3.8, 4) is 0 Å². The summed E-state index contributed by atoms with van der Waals surface area (Å²) in [5, 5.41) is 4.70. The Hall–Kier alpha value is -2.51. The highest BCUT2D eigenvalue weighted by Gasteiger charge is 2.34. The Bertz CT molecular complexity index is 1090. The Morgan fingerprint density at radius 1 is 0.969 bits per heavy atom. The fourth-order valence-electron chi connectivity index (χ4n) is 4.60. The summed E-state index contributed by atoms with van der Waals surface area (Å²) in [4.78, 5) is 37.6. The Morgan fingerprint density at radius 2 is 1.62 bits per heavy atom. The molecule has 1 fully saturated rings. The molecule has 1 aliphatic heterocycles. The Kier molecular flexibility index (Phi) is 7.06. The fourth-order valence-corrected chi connectivity index (χ4v) is 5.59. The van der Waals surface area contributed by atoms with Crippen molar-refractivity contribution in [2.24, 2.45) is 0 Å². The number of amides is 2. The van der Waals surface area contributed by atoms with E-state index in [1.54, 1.807) is 41.9 Å². The van der Waals surface area contributed by atoms with Crippen molar-refractivity contribution in [3.05, 3.63) is 52.7 Å². The average molecular weight is 471 g/mol. The third kappa shape index (κ3) is 4.50. The summed E-state index contributed by atoms with van der Waals surface area (Å²) in [6, 6.07) is 9.60. The van der Waals surface area contributed by atoms with E-state index in [1.807, 2.05) is 0 Å². The number of thiophene rings is 1. The maximum Gasteiger partial charge on any atom is 0.261 e. The lowest BCUT2D eigenvalue weighted by molar-refractivity contribution is 0.0656. The molecule has 0 atom stereocenters. The first kappa shape index (κ1) is 22.7. The van der Waals surface area contributed by atoms with Crippen molar-refractivity contribution in [1.82, 2.24) is 14.9 Å². The summed E-state index contributed by atoms with van der Waals surface area (Å²) < 4.78 is 0. The van der Waals surface area contributed by atoms with E-state index in [2.05, 4.69) is 21.4 Å². The van der Waals surface area contributed by atoms with Crippen LogP contribution in [0.4, 0.5) is 5.82 Å². The molecule has 5 rings (SSSR count). The van der Waals surface area contributed by atoms with Gasteiger partial charge in [0.25, 0.3) is 11.8 Å². The van der Waals surface area contributed by atoms with E-state index in [4.69, 9.17) is 0 Å². The predicted octanol–water partition coefficient (Wildman–Crippen LogP) is 5.48. The van der Waals surface area contributed by atoms with Crippen LogP contribution in [0.1, 0.15) is 70.5 Å². The standard InChI is InChI=1S/C24H26N4O2S.ClH/c29-23-18-10-6-7-11-19(18)24(30)28(23)13-12-17-14-20-21(25-15-26-22(20)31-17)27-16-8-4-2-1-3-5-9-16;/h6-7,10-11,14-16H,1-5,8-9,12-13H2,(H,25,26,27);1H. The number of halogens is 1. The van der Waals surface area contributed by atoms with E-state index < -0.39 is 0 Å². The van der Waals surface area contributed by atoms with E-state index in [0.29, 0.717) is 30.1 Å². The van der Waals surface area contributed by atoms with E-state index >= 15 is 0 Å². The van der Waals surface area contributed by atoms with Crippen molar-refractivity contribution in [2.45, 2.75) is 57.4 Å². The van der Waals surface area contributed by atoms with E-state index in [-0.39, 0.29) is 24.2 Å². The van der Waals surface area contributed by atoms with Gasteiger partial charge in [0, 0.05) is 23.9 Å². The number of hydrogen-bond acceptors (Lipinski definition) is 6. The lowest BCUT2D eigenvalue weighted by atomic mass is 9.97. The van der Waals surface area contributed by atoms with Crippen LogP contribution < -0.4 is 5.32 Å². The van der Waals surface area contributed by atoms with Crippen LogP contribution in [0, 0.1) is 0 Å². The molecule has 0 unspecified atom stereocenters. The summed E-state index contributed by atoms with van der Waals surface area (Å²) in [7, 11) is 0. The number of anilines is 1. The molecule has 3 aromatic rings. The number of nitrogens with zero attached hydrogens (tertiary/aromatic N) is 3. The molecule has 1 N–H and O–H groups in total. The zero-order valence-electron chi connectivity index (χ0n) is 17.9. The van der Waals surface area contributed by atoms with Crippen LogP contribution in [-0.4, -0.2) is 39.3 Å². The van der Waals surface area contributed by atoms with Gasteiger partial charge >= 0.3 is 0 Å². The van der Waals surface area contributed by atoms with Crippen molar-refractivity contribution in [1.29, 1.82) is 0 Å². The van der Waals surface area contributed by atoms with Gasteiger partial charge in [-0.05, 0) is 31.0 Å². The zero-order chi connectivity index (χ0) is 21.2. The molecule has 0 radical (unpaired) electrons. The molecule has 0 spiro atoms. The Labute approximate surface area is 197 Å². The maximum absolute atomic E-state index is 12.6. The van der Waals surface area contributed by atoms with Crippen molar-refractivity contribution >= 4 is 51.6 Å². The molecule has 168 valence electrons. The van der Waals surface area contributed by atoms with Crippen LogP contribution in [-0.2, 0) is 6.42 Å². The van der Waals surface area contributed by atoms with Crippen LogP contribution in [0.3, 0.4) is 0 Å². The predicted molar refractivity (Wildman–Crippen MR) is 130 cm³/mol. The number of nitrogens with one attached hydrogen (secondary N) is 1. The second-order valence-corrected chi connectivity index (χ2v) is 9.51. The summed E-state index contributed by atoms with van der Waals surface area (Å²) >= 11 is 1.61. The number of benzene rings is 1. The van der Waals surface area contributed by atoms with Crippen LogP contribution in [0.2, 0.25) is 0 Å². The zero-order valence-corrected chi connectivity index (χ0v) is 19.5. The normalized spacial score (nSPS) is 17.1. The molecular formula is C24H27ClN4O2S. The summed E-state index contributed by atoms with van der Waals surface area (Å²) in [5.74, 6) is 0.500. The van der Waals surface area contributed by atoms with Gasteiger partial charge in [-0.2, -0.15) is 0 Å². The second kappa shape index (κ2) is 9.96. The summed E-state index contributed by atoms with van der Waals surface area (Å²) in [6.07, 6.45) is 11.1. The first-order chi connectivity index (χ1) is 15.2. The number of rotatable bonds is 5. The highest BCUT2D eigenvalue weighted by molar-refractivity contribution is 7.18. The van der Waals surface area contributed by atoms with Gasteiger partial charge in [-0.1, -0.05) is 44.2 Å². The second-order valence-electron chi connectivity index (χ2n) is 8.40. The molecule has 8 heteroatoms. The van der Waals surface area contributed by atoms with Gasteiger partial charge < -0.3 is 5.32 Å². The number of imide groups is 1. The van der Waals surface area contributed by atoms with Crippen LogP contribution in [0.25, 0.3) is 10.2 Å². The molecule has 6 nitrogen and oxygen atoms in total. The molecule has 1 aromatic carbocycles. The number of carbonyl (C=O) groups excluding carboxylic acids is 2. The Morgan fingerprint density at radius 3 is 2.31 bits per heavy atom. The monoisotopic (exact) mass is 470 g/mol. The number of hydrogen-bond donors (Lipinski definition) is 1. The van der Waals surface area contributed by atoms with E-state index in [0.717, 1.165) is 20.9 Å². The van der Waals surface area contributed by atoms with Crippen molar-refractivity contribution in [2.75, 3.05) is 11.9 Å². The summed E-state index contributed by atoms with van der Waals surface area (Å²) in [6.45, 7) is 0.373. The highest BCUT2D eigenvalue weighted by atomic mass is 35.5. The molecule has 2 amide bonds. The first-order valence-electron chi connectivity index (χ1n) is 11.2. The van der Waals surface area contributed by atoms with Crippen molar-refractivity contribution in [3.63, 3.8) is 0 Å². The third-order valence-electron chi connectivity index (χ3n) is 6.29. The minimum Gasteiger partial charge on any atom is -0.367 e. The van der Waals surface area contributed by atoms with Gasteiger partial charge in [-0.25, -0.2) is 9.97 Å². The van der Waals surface area contributed by atoms with Gasteiger partial charge in [0.15, 0.2) is 0 Å². The molecule has 1 aliphatic carbocycles. The van der Waals surface area contributed by atoms with E-state index in [9.17, 15) is 9.59 Å². The third-order valence-corrected chi connectivity index (χ3v) is 7.39. The highest BCUT2D eigenvalue weighted by Crippen LogP contribution is 2.31. The number of aromatic nitrogens is 2. The van der Waals surface area contributed by atoms with Gasteiger partial charge in [0.05, 0.1) is 16.5 Å². The molecule has 32 heavy (non-hydrogen) atoms. The fraction of sp³-hybridized carbons (Fsp3) is 0.417. The molecule has 0 bridgehead atoms. The molecule has 0 saturated heterocycles. The van der Waals surface area contributed by atoms with Gasteiger partial charge in [-0.15, -0.1) is 23.7 Å². The lowest BCUT2D eigenvalue weighted by Crippen LogP contribution is -2.31. The molecule has 3 heterocycles. The molecular weight excluding hydrogens is 444 g/mol. The SMILES string of the molecule is Cl.O=C1c2ccccc2C(=O)N1CCc1cc2c(NC3CCCCCCC3)ncnc2s1. The minimum atomic E-state index is -0.201. The summed E-state index contributed by atoms with van der Waals surface area (Å²) in [5.41, 5.74) is 1.00. The molecule has 2 aromatic heterocycles. The molecule has 1 saturated carbocycles. The van der Waals surface area contributed by atoms with Gasteiger partial charge in [0.1, 0.15) is 17.0 Å². The molecule has 2 aliphatic rings. The van der Waals surface area contributed by atoms with Gasteiger partial charge in [-0.3, -0.25) is 14.5 Å². The Balaban J connectivity index is 0.00000245. The largest absolute Gasteiger partial charge is 0.367 e. The maximum atomic E-state index is 12.6. The van der Waals surface area contributed by atoms with E-state index in [1.165, 1.54) is 49.8 Å². The smallest absolute Gasteiger partial charge is 0.261 e. The van der Waals surface area contributed by atoms with Gasteiger partial charge in [0.2, 0.25) is 0 Å². The first-order valence-corrected chi connectivity index (χ1v) is 12.0. The average Bonchev–Trinajstić information content (AvgIpc) is 3.28. The number of carbonyl (C=O) groups is 2. The quantitative estimate of drug-likeness (QED) is 0.500. The number of fused-ring (bicyclic) bond motifs is 2. The topological polar surface area (TPSA) is 75.2 Å². The van der Waals surface area contributed by atoms with Crippen LogP contribution in [0.15, 0.2) is 36.7 Å². The van der Waals surface area contributed by atoms with Crippen LogP contribution in [0.5, 0.6) is 0 Å². The van der Waals surface area contributed by atoms with Crippen LogP contribution >= 0.6 is 23.7 Å².